The lowest BCUT2D eigenvalue weighted by Gasteiger charge is -2.12. The molecule has 0 unspecified atom stereocenters. The maximum absolute atomic E-state index is 13.8. The van der Waals surface area contributed by atoms with Crippen LogP contribution in [-0.4, -0.2) is 11.1 Å². The maximum atomic E-state index is 13.8. The highest BCUT2D eigenvalue weighted by Gasteiger charge is 2.31. The van der Waals surface area contributed by atoms with Gasteiger partial charge in [-0.25, -0.2) is 9.37 Å². The van der Waals surface area contributed by atoms with Gasteiger partial charge in [-0.15, -0.1) is 0 Å². The molecule has 8 heteroatoms. The highest BCUT2D eigenvalue weighted by atomic mass is 35.5. The van der Waals surface area contributed by atoms with Gasteiger partial charge in [0.15, 0.2) is 11.6 Å². The Balaban J connectivity index is 2.21. The van der Waals surface area contributed by atoms with Crippen LogP contribution in [0.15, 0.2) is 30.5 Å². The van der Waals surface area contributed by atoms with Crippen LogP contribution in [0.2, 0.25) is 5.02 Å². The number of alkyl halides is 3. The van der Waals surface area contributed by atoms with Gasteiger partial charge in [0.05, 0.1) is 11.7 Å². The van der Waals surface area contributed by atoms with Crippen molar-refractivity contribution < 1.29 is 27.0 Å². The summed E-state index contributed by atoms with van der Waals surface area (Å²) >= 11 is 5.72. The van der Waals surface area contributed by atoms with Crippen molar-refractivity contribution in [1.82, 2.24) is 4.98 Å². The first kappa shape index (κ1) is 17.3. The normalized spacial score (nSPS) is 11.7. The van der Waals surface area contributed by atoms with Crippen LogP contribution in [0.1, 0.15) is 19.4 Å². The molecule has 0 atom stereocenters. The molecule has 0 spiro atoms. The Morgan fingerprint density at radius 2 is 1.87 bits per heavy atom. The first-order valence-electron chi connectivity index (χ1n) is 6.53. The van der Waals surface area contributed by atoms with E-state index in [4.69, 9.17) is 21.1 Å². The molecule has 0 saturated carbocycles. The summed E-state index contributed by atoms with van der Waals surface area (Å²) in [4.78, 5) is 3.51. The first-order valence-corrected chi connectivity index (χ1v) is 6.91. The summed E-state index contributed by atoms with van der Waals surface area (Å²) in [5.41, 5.74) is -0.998. The summed E-state index contributed by atoms with van der Waals surface area (Å²) < 4.78 is 61.8. The van der Waals surface area contributed by atoms with Gasteiger partial charge in [0, 0.05) is 12.3 Å². The molecular weight excluding hydrogens is 338 g/mol. The number of hydrogen-bond donors (Lipinski definition) is 0. The minimum atomic E-state index is -4.56. The number of benzene rings is 1. The van der Waals surface area contributed by atoms with Crippen molar-refractivity contribution >= 4 is 11.6 Å². The monoisotopic (exact) mass is 349 g/mol. The fourth-order valence-electron chi connectivity index (χ4n) is 1.66. The zero-order valence-corrected chi connectivity index (χ0v) is 12.9. The molecule has 0 fully saturated rings. The van der Waals surface area contributed by atoms with E-state index in [2.05, 4.69) is 4.98 Å². The highest BCUT2D eigenvalue weighted by Crippen LogP contribution is 2.35. The minimum Gasteiger partial charge on any atom is -0.488 e. The van der Waals surface area contributed by atoms with E-state index in [1.54, 1.807) is 13.8 Å². The third-order valence-corrected chi connectivity index (χ3v) is 2.89. The summed E-state index contributed by atoms with van der Waals surface area (Å²) in [5, 5.41) is -0.331. The molecule has 0 saturated heterocycles. The summed E-state index contributed by atoms with van der Waals surface area (Å²) in [6, 6.07) is 4.48. The fraction of sp³-hybridized carbons (Fsp3) is 0.267. The molecule has 0 N–H and O–H groups in total. The van der Waals surface area contributed by atoms with Crippen molar-refractivity contribution in [2.75, 3.05) is 0 Å². The second-order valence-electron chi connectivity index (χ2n) is 4.87. The Morgan fingerprint density at radius 3 is 2.39 bits per heavy atom. The van der Waals surface area contributed by atoms with Crippen molar-refractivity contribution in [3.05, 3.63) is 46.9 Å². The van der Waals surface area contributed by atoms with E-state index in [1.165, 1.54) is 12.1 Å². The Kier molecular flexibility index (Phi) is 4.99. The van der Waals surface area contributed by atoms with Crippen molar-refractivity contribution in [1.29, 1.82) is 0 Å². The van der Waals surface area contributed by atoms with Gasteiger partial charge >= 0.3 is 6.18 Å². The van der Waals surface area contributed by atoms with Gasteiger partial charge in [0.1, 0.15) is 10.8 Å². The Hall–Kier alpha value is -2.02. The molecule has 1 aromatic heterocycles. The predicted molar refractivity (Wildman–Crippen MR) is 76.5 cm³/mol. The third kappa shape index (κ3) is 4.48. The Labute approximate surface area is 134 Å². The van der Waals surface area contributed by atoms with Crippen LogP contribution in [0.25, 0.3) is 0 Å². The number of halogens is 5. The van der Waals surface area contributed by atoms with Gasteiger partial charge < -0.3 is 9.47 Å². The maximum Gasteiger partial charge on any atom is 0.417 e. The molecule has 124 valence electrons. The predicted octanol–water partition coefficient (Wildman–Crippen LogP) is 5.47. The summed E-state index contributed by atoms with van der Waals surface area (Å²) in [6.45, 7) is 3.49. The zero-order valence-electron chi connectivity index (χ0n) is 12.1. The molecule has 0 aliphatic heterocycles. The van der Waals surface area contributed by atoms with E-state index in [-0.39, 0.29) is 28.5 Å². The summed E-state index contributed by atoms with van der Waals surface area (Å²) in [5.74, 6) is -0.845. The largest absolute Gasteiger partial charge is 0.488 e. The Bertz CT molecular complexity index is 704. The van der Waals surface area contributed by atoms with Gasteiger partial charge in [-0.3, -0.25) is 0 Å². The van der Waals surface area contributed by atoms with Gasteiger partial charge in [-0.05, 0) is 32.0 Å². The molecule has 0 amide bonds. The van der Waals surface area contributed by atoms with Crippen molar-refractivity contribution in [2.24, 2.45) is 0 Å². The van der Waals surface area contributed by atoms with E-state index >= 15 is 0 Å². The van der Waals surface area contributed by atoms with Crippen LogP contribution >= 0.6 is 11.6 Å². The van der Waals surface area contributed by atoms with E-state index < -0.39 is 17.6 Å². The van der Waals surface area contributed by atoms with Crippen LogP contribution in [0, 0.1) is 5.82 Å². The molecule has 0 aliphatic rings. The number of hydrogen-bond acceptors (Lipinski definition) is 3. The van der Waals surface area contributed by atoms with Crippen LogP contribution in [0.3, 0.4) is 0 Å². The molecule has 2 rings (SSSR count). The van der Waals surface area contributed by atoms with Gasteiger partial charge in [0.25, 0.3) is 0 Å². The summed E-state index contributed by atoms with van der Waals surface area (Å²) in [6.07, 6.45) is -4.17. The molecule has 2 aromatic rings. The number of nitrogens with zero attached hydrogens (tertiary/aromatic N) is 1. The number of pyridine rings is 1. The second kappa shape index (κ2) is 6.62. The third-order valence-electron chi connectivity index (χ3n) is 2.62. The summed E-state index contributed by atoms with van der Waals surface area (Å²) in [7, 11) is 0. The molecule has 23 heavy (non-hydrogen) atoms. The molecule has 3 nitrogen and oxygen atoms in total. The molecule has 0 bridgehead atoms. The zero-order chi connectivity index (χ0) is 17.2. The number of ether oxygens (including phenoxy) is 2. The average molecular weight is 350 g/mol. The highest BCUT2D eigenvalue weighted by molar-refractivity contribution is 6.31. The lowest BCUT2D eigenvalue weighted by molar-refractivity contribution is -0.137. The van der Waals surface area contributed by atoms with E-state index in [0.29, 0.717) is 12.3 Å². The topological polar surface area (TPSA) is 31.4 Å². The molecule has 0 aliphatic carbocycles. The van der Waals surface area contributed by atoms with Crippen LogP contribution < -0.4 is 9.47 Å². The van der Waals surface area contributed by atoms with E-state index in [0.717, 1.165) is 6.07 Å². The lowest BCUT2D eigenvalue weighted by Crippen LogP contribution is -2.07. The van der Waals surface area contributed by atoms with Gasteiger partial charge in [-0.2, -0.15) is 13.2 Å². The molecular formula is C15H12ClF4NO2. The molecule has 1 heterocycles. The lowest BCUT2D eigenvalue weighted by atomic mass is 10.3. The van der Waals surface area contributed by atoms with Crippen molar-refractivity contribution in [2.45, 2.75) is 26.1 Å². The van der Waals surface area contributed by atoms with Crippen LogP contribution in [0.5, 0.6) is 17.4 Å². The second-order valence-corrected chi connectivity index (χ2v) is 5.28. The average Bonchev–Trinajstić information content (AvgIpc) is 2.42. The van der Waals surface area contributed by atoms with Crippen molar-refractivity contribution in [3.8, 4) is 17.4 Å². The Morgan fingerprint density at radius 1 is 1.17 bits per heavy atom. The van der Waals surface area contributed by atoms with Gasteiger partial charge in [-0.1, -0.05) is 11.6 Å². The molecule has 1 aromatic carbocycles. The first-order chi connectivity index (χ1) is 10.7. The van der Waals surface area contributed by atoms with Gasteiger partial charge in [0.2, 0.25) is 5.88 Å². The standard InChI is InChI=1S/C15H12ClF4NO2/c1-8(2)22-13-4-3-10(6-12(13)17)23-14-11(16)5-9(7-21-14)15(18,19)20/h3-8H,1-2H3. The fourth-order valence-corrected chi connectivity index (χ4v) is 1.87. The van der Waals surface area contributed by atoms with E-state index in [1.807, 2.05) is 0 Å². The molecule has 0 radical (unpaired) electrons. The SMILES string of the molecule is CC(C)Oc1ccc(Oc2ncc(C(F)(F)F)cc2Cl)cc1F. The minimum absolute atomic E-state index is 0.0350. The smallest absolute Gasteiger partial charge is 0.417 e. The van der Waals surface area contributed by atoms with Crippen LogP contribution in [-0.2, 0) is 6.18 Å². The number of rotatable bonds is 4. The quantitative estimate of drug-likeness (QED) is 0.686. The van der Waals surface area contributed by atoms with E-state index in [9.17, 15) is 17.6 Å². The van der Waals surface area contributed by atoms with Crippen LogP contribution in [0.4, 0.5) is 17.6 Å². The van der Waals surface area contributed by atoms with Crippen molar-refractivity contribution in [3.63, 3.8) is 0 Å². The number of aromatic nitrogens is 1.